The molecule has 0 spiro atoms. The largest absolute Gasteiger partial charge is 0.295 e. The number of thiophene rings is 1. The van der Waals surface area contributed by atoms with Crippen LogP contribution in [0.15, 0.2) is 36.4 Å². The Kier molecular flexibility index (Phi) is 7.82. The minimum atomic E-state index is 0.253. The van der Waals surface area contributed by atoms with Crippen molar-refractivity contribution < 1.29 is 4.79 Å². The van der Waals surface area contributed by atoms with Crippen LogP contribution in [0.1, 0.15) is 56.2 Å². The van der Waals surface area contributed by atoms with Crippen LogP contribution in [-0.2, 0) is 4.79 Å². The summed E-state index contributed by atoms with van der Waals surface area (Å²) in [6.07, 6.45) is 10.1. The monoisotopic (exact) mass is 496 g/mol. The number of carbonyl (C=O) groups excluding carboxylic acids is 1. The predicted octanol–water partition coefficient (Wildman–Crippen LogP) is 7.41. The van der Waals surface area contributed by atoms with E-state index in [9.17, 15) is 4.79 Å². The van der Waals surface area contributed by atoms with Gasteiger partial charge in [-0.05, 0) is 82.9 Å². The Morgan fingerprint density at radius 2 is 2.00 bits per heavy atom. The third kappa shape index (κ3) is 5.46. The lowest BCUT2D eigenvalue weighted by atomic mass is 9.87. The highest BCUT2D eigenvalue weighted by molar-refractivity contribution is 14.1. The van der Waals surface area contributed by atoms with Crippen molar-refractivity contribution in [1.29, 1.82) is 0 Å². The Morgan fingerprint density at radius 3 is 2.81 bits per heavy atom. The van der Waals surface area contributed by atoms with Gasteiger partial charge in [0.15, 0.2) is 5.78 Å². The van der Waals surface area contributed by atoms with Gasteiger partial charge in [0.05, 0.1) is 0 Å². The predicted molar refractivity (Wildman–Crippen MR) is 127 cm³/mol. The summed E-state index contributed by atoms with van der Waals surface area (Å²) in [4.78, 5) is 14.8. The minimum Gasteiger partial charge on any atom is -0.295 e. The Hall–Kier alpha value is -0.590. The fourth-order valence-electron chi connectivity index (χ4n) is 3.60. The number of carbonyl (C=O) groups is 1. The van der Waals surface area contributed by atoms with Gasteiger partial charge in [-0.1, -0.05) is 59.4 Å². The van der Waals surface area contributed by atoms with Crippen LogP contribution in [0, 0.1) is 5.92 Å². The molecule has 3 rings (SSSR count). The molecular weight excluding hydrogens is 471 g/mol. The number of benzene rings is 1. The van der Waals surface area contributed by atoms with Gasteiger partial charge in [-0.25, -0.2) is 0 Å². The molecule has 0 aliphatic heterocycles. The number of ketones is 1. The summed E-state index contributed by atoms with van der Waals surface area (Å²) < 4.78 is 2.51. The number of halogens is 1. The van der Waals surface area contributed by atoms with Crippen molar-refractivity contribution in [3.63, 3.8) is 0 Å². The van der Waals surface area contributed by atoms with Gasteiger partial charge in [-0.15, -0.1) is 11.3 Å². The first-order chi connectivity index (χ1) is 12.7. The summed E-state index contributed by atoms with van der Waals surface area (Å²) in [7, 11) is 0. The smallest absolute Gasteiger partial charge is 0.156 e. The minimum absolute atomic E-state index is 0.253. The lowest BCUT2D eigenvalue weighted by Gasteiger charge is -2.20. The quantitative estimate of drug-likeness (QED) is 0.186. The van der Waals surface area contributed by atoms with Crippen molar-refractivity contribution in [3.05, 3.63) is 41.3 Å². The highest BCUT2D eigenvalue weighted by Gasteiger charge is 2.19. The molecule has 1 nitrogen and oxygen atoms in total. The summed E-state index contributed by atoms with van der Waals surface area (Å²) in [5, 5.41) is 1.27. The third-order valence-corrected chi connectivity index (χ3v) is 7.57. The summed E-state index contributed by atoms with van der Waals surface area (Å²) in [6.45, 7) is 0. The zero-order valence-corrected chi connectivity index (χ0v) is 18.8. The average Bonchev–Trinajstić information content (AvgIpc) is 3.07. The Bertz CT molecular complexity index is 772. The van der Waals surface area contributed by atoms with Crippen LogP contribution in [0.5, 0.6) is 0 Å². The van der Waals surface area contributed by atoms with Gasteiger partial charge in [-0.3, -0.25) is 4.79 Å². The van der Waals surface area contributed by atoms with Crippen molar-refractivity contribution in [2.45, 2.75) is 51.4 Å². The molecule has 4 heteroatoms. The van der Waals surface area contributed by atoms with Crippen molar-refractivity contribution in [2.24, 2.45) is 5.92 Å². The van der Waals surface area contributed by atoms with E-state index in [1.807, 2.05) is 6.08 Å². The summed E-state index contributed by atoms with van der Waals surface area (Å²) in [5.41, 5.74) is 1.21. The Labute approximate surface area is 179 Å². The molecule has 0 N–H and O–H groups in total. The number of rotatable bonds is 5. The molecule has 1 aromatic heterocycles. The fourth-order valence-corrected chi connectivity index (χ4v) is 5.62. The van der Waals surface area contributed by atoms with E-state index in [2.05, 4.69) is 52.9 Å². The average molecular weight is 496 g/mol. The first kappa shape index (κ1) is 20.2. The van der Waals surface area contributed by atoms with E-state index in [4.69, 9.17) is 12.2 Å². The number of hydrogen-bond acceptors (Lipinski definition) is 3. The molecule has 2 aromatic rings. The molecule has 0 saturated heterocycles. The van der Waals surface area contributed by atoms with Gasteiger partial charge in [0, 0.05) is 16.0 Å². The second-order valence-electron chi connectivity index (χ2n) is 7.02. The zero-order valence-electron chi connectivity index (χ0n) is 15.0. The first-order valence-electron chi connectivity index (χ1n) is 9.48. The number of alkyl halides is 1. The lowest BCUT2D eigenvalue weighted by Crippen LogP contribution is -2.14. The highest BCUT2D eigenvalue weighted by atomic mass is 127. The molecule has 1 unspecified atom stereocenters. The first-order valence-corrected chi connectivity index (χ1v) is 12.2. The molecule has 1 heterocycles. The number of allylic oxidation sites excluding steroid dienone is 2. The maximum absolute atomic E-state index is 12.4. The van der Waals surface area contributed by atoms with Gasteiger partial charge >= 0.3 is 0 Å². The van der Waals surface area contributed by atoms with Crippen LogP contribution in [0.3, 0.4) is 0 Å². The molecule has 1 aromatic carbocycles. The van der Waals surface area contributed by atoms with Crippen LogP contribution < -0.4 is 0 Å². The van der Waals surface area contributed by atoms with Crippen molar-refractivity contribution in [3.8, 4) is 0 Å². The molecule has 0 fully saturated rings. The summed E-state index contributed by atoms with van der Waals surface area (Å²) in [6, 6.07) is 10.7. The van der Waals surface area contributed by atoms with Crippen LogP contribution in [-0.4, -0.2) is 15.1 Å². The molecule has 0 bridgehead atoms. The highest BCUT2D eigenvalue weighted by Crippen LogP contribution is 2.35. The van der Waals surface area contributed by atoms with Gasteiger partial charge in [0.25, 0.3) is 0 Å². The van der Waals surface area contributed by atoms with E-state index < -0.39 is 0 Å². The van der Waals surface area contributed by atoms with Crippen molar-refractivity contribution >= 4 is 72.5 Å². The van der Waals surface area contributed by atoms with Crippen LogP contribution in [0.25, 0.3) is 15.7 Å². The van der Waals surface area contributed by atoms with E-state index in [0.717, 1.165) is 25.7 Å². The van der Waals surface area contributed by atoms with E-state index in [1.54, 1.807) is 11.3 Å². The second-order valence-corrected chi connectivity index (χ2v) is 9.71. The van der Waals surface area contributed by atoms with E-state index in [1.165, 1.54) is 49.1 Å². The molecule has 26 heavy (non-hydrogen) atoms. The molecule has 0 saturated carbocycles. The number of fused-ring (bicyclic) bond motifs is 1. The zero-order chi connectivity index (χ0) is 18.4. The molecule has 1 aliphatic rings. The van der Waals surface area contributed by atoms with Crippen molar-refractivity contribution in [1.82, 2.24) is 0 Å². The van der Waals surface area contributed by atoms with Crippen LogP contribution >= 0.6 is 46.1 Å². The van der Waals surface area contributed by atoms with Gasteiger partial charge in [0.1, 0.15) is 0 Å². The van der Waals surface area contributed by atoms with Gasteiger partial charge in [0.2, 0.25) is 0 Å². The summed E-state index contributed by atoms with van der Waals surface area (Å²) >= 11 is 10.0. The Morgan fingerprint density at radius 1 is 1.15 bits per heavy atom. The van der Waals surface area contributed by atoms with Crippen molar-refractivity contribution in [2.75, 3.05) is 4.43 Å². The summed E-state index contributed by atoms with van der Waals surface area (Å²) in [5.74, 6) is 0.780. The molecule has 0 amide bonds. The maximum atomic E-state index is 12.4. The van der Waals surface area contributed by atoms with Crippen LogP contribution in [0.2, 0.25) is 0 Å². The topological polar surface area (TPSA) is 17.1 Å². The normalized spacial score (nSPS) is 21.6. The standard InChI is InChI=1S/C22H25IOS2/c23-13-4-3-6-16-11-12-18(14-19(24)8-5-9-20(16)25)22-15-17-7-1-2-10-21(17)26-22/h1-2,7,10,14-16H,3-6,8-9,11-13H2/b18-14+. The van der Waals surface area contributed by atoms with E-state index in [-0.39, 0.29) is 5.78 Å². The third-order valence-electron chi connectivity index (χ3n) is 5.08. The number of hydrogen-bond donors (Lipinski definition) is 0. The fraction of sp³-hybridized carbons (Fsp3) is 0.455. The molecule has 0 radical (unpaired) electrons. The van der Waals surface area contributed by atoms with Gasteiger partial charge < -0.3 is 0 Å². The number of thiocarbonyl (C=S) groups is 1. The molecule has 1 atom stereocenters. The second kappa shape index (κ2) is 10.1. The van der Waals surface area contributed by atoms with E-state index in [0.29, 0.717) is 12.3 Å². The van der Waals surface area contributed by atoms with Gasteiger partial charge in [-0.2, -0.15) is 0 Å². The molecule has 1 aliphatic carbocycles. The Balaban J connectivity index is 1.82. The number of unbranched alkanes of at least 4 members (excludes halogenated alkanes) is 1. The molecule has 138 valence electrons. The SMILES string of the molecule is O=C1/C=C(/c2cc3ccccc3s2)CCC(CCCCI)C(=S)CCC1. The van der Waals surface area contributed by atoms with Crippen LogP contribution in [0.4, 0.5) is 0 Å². The molecular formula is C22H25IOS2. The maximum Gasteiger partial charge on any atom is 0.156 e. The lowest BCUT2D eigenvalue weighted by molar-refractivity contribution is -0.114. The van der Waals surface area contributed by atoms with E-state index >= 15 is 0 Å².